The molecule has 0 bridgehead atoms. The molecule has 2 rings (SSSR count). The van der Waals surface area contributed by atoms with Crippen LogP contribution in [0.5, 0.6) is 0 Å². The van der Waals surface area contributed by atoms with E-state index < -0.39 is 6.43 Å². The van der Waals surface area contributed by atoms with E-state index in [-0.39, 0.29) is 5.82 Å². The van der Waals surface area contributed by atoms with Gasteiger partial charge in [0.2, 0.25) is 5.82 Å². The molecule has 0 fully saturated rings. The predicted molar refractivity (Wildman–Crippen MR) is 40.5 cm³/mol. The van der Waals surface area contributed by atoms with Crippen LogP contribution in [0.2, 0.25) is 0 Å². The Balaban J connectivity index is 2.79. The lowest BCUT2D eigenvalue weighted by atomic mass is 10.4. The van der Waals surface area contributed by atoms with Crippen molar-refractivity contribution in [1.82, 2.24) is 19.6 Å². The second kappa shape index (κ2) is 2.72. The Morgan fingerprint density at radius 2 is 2.08 bits per heavy atom. The second-order valence-corrected chi connectivity index (χ2v) is 2.60. The molecular weight excluding hydrogens is 178 g/mol. The molecule has 0 N–H and O–H groups in total. The van der Waals surface area contributed by atoms with Gasteiger partial charge >= 0.3 is 0 Å². The number of rotatable bonds is 1. The lowest BCUT2D eigenvalue weighted by Gasteiger charge is -2.00. The zero-order valence-corrected chi connectivity index (χ0v) is 6.78. The minimum absolute atomic E-state index is 0.338. The van der Waals surface area contributed by atoms with Crippen molar-refractivity contribution in [2.75, 3.05) is 0 Å². The highest BCUT2D eigenvalue weighted by Gasteiger charge is 2.16. The molecule has 0 unspecified atom stereocenters. The van der Waals surface area contributed by atoms with Gasteiger partial charge in [-0.1, -0.05) is 0 Å². The first-order valence-electron chi connectivity index (χ1n) is 3.64. The van der Waals surface area contributed by atoms with Gasteiger partial charge in [0, 0.05) is 11.9 Å². The van der Waals surface area contributed by atoms with Crippen LogP contribution in [0.15, 0.2) is 12.4 Å². The Morgan fingerprint density at radius 3 is 2.77 bits per heavy atom. The third kappa shape index (κ3) is 1.14. The first-order valence-corrected chi connectivity index (χ1v) is 3.64. The van der Waals surface area contributed by atoms with E-state index in [1.165, 1.54) is 16.8 Å². The Morgan fingerprint density at radius 1 is 1.31 bits per heavy atom. The van der Waals surface area contributed by atoms with Gasteiger partial charge in [-0.2, -0.15) is 0 Å². The summed E-state index contributed by atoms with van der Waals surface area (Å²) in [6.45, 7) is 1.68. The zero-order valence-electron chi connectivity index (χ0n) is 6.78. The highest BCUT2D eigenvalue weighted by atomic mass is 19.3. The van der Waals surface area contributed by atoms with E-state index in [1.54, 1.807) is 6.92 Å². The summed E-state index contributed by atoms with van der Waals surface area (Å²) >= 11 is 0. The molecule has 0 saturated carbocycles. The third-order valence-corrected chi connectivity index (χ3v) is 1.71. The lowest BCUT2D eigenvalue weighted by molar-refractivity contribution is 0.139. The molecule has 0 radical (unpaired) electrons. The van der Waals surface area contributed by atoms with Crippen LogP contribution in [0.25, 0.3) is 5.65 Å². The molecular formula is C7H6F2N4. The van der Waals surface area contributed by atoms with Gasteiger partial charge in [0.1, 0.15) is 0 Å². The number of aryl methyl sites for hydroxylation is 1. The standard InChI is InChI=1S/C7H6F2N4/c1-4-2-10-3-5-11-12-7(6(8)9)13(4)5/h2-3,6H,1H3. The molecule has 0 spiro atoms. The Kier molecular flexibility index (Phi) is 1.68. The molecule has 68 valence electrons. The van der Waals surface area contributed by atoms with Crippen molar-refractivity contribution >= 4 is 5.65 Å². The molecule has 4 nitrogen and oxygen atoms in total. The van der Waals surface area contributed by atoms with Crippen molar-refractivity contribution < 1.29 is 8.78 Å². The van der Waals surface area contributed by atoms with Crippen LogP contribution >= 0.6 is 0 Å². The highest BCUT2D eigenvalue weighted by Crippen LogP contribution is 2.17. The fraction of sp³-hybridized carbons (Fsp3) is 0.286. The largest absolute Gasteiger partial charge is 0.297 e. The Labute approximate surface area is 72.2 Å². The number of alkyl halides is 2. The predicted octanol–water partition coefficient (Wildman–Crippen LogP) is 1.37. The van der Waals surface area contributed by atoms with Crippen molar-refractivity contribution in [3.05, 3.63) is 23.9 Å². The average Bonchev–Trinajstić information content (AvgIpc) is 2.49. The molecule has 2 aromatic rings. The summed E-state index contributed by atoms with van der Waals surface area (Å²) in [6, 6.07) is 0. The SMILES string of the molecule is Cc1cncc2nnc(C(F)F)n12. The van der Waals surface area contributed by atoms with Gasteiger partial charge in [0.15, 0.2) is 5.65 Å². The number of fused-ring (bicyclic) bond motifs is 1. The summed E-state index contributed by atoms with van der Waals surface area (Å²) in [4.78, 5) is 3.82. The van der Waals surface area contributed by atoms with Crippen LogP contribution in [0.4, 0.5) is 8.78 Å². The van der Waals surface area contributed by atoms with Gasteiger partial charge in [-0.15, -0.1) is 10.2 Å². The molecule has 0 aromatic carbocycles. The Bertz CT molecular complexity index is 437. The Hall–Kier alpha value is -1.59. The maximum Gasteiger partial charge on any atom is 0.297 e. The molecule has 2 heterocycles. The summed E-state index contributed by atoms with van der Waals surface area (Å²) in [7, 11) is 0. The van der Waals surface area contributed by atoms with E-state index in [2.05, 4.69) is 15.2 Å². The fourth-order valence-corrected chi connectivity index (χ4v) is 1.16. The van der Waals surface area contributed by atoms with Crippen LogP contribution in [0, 0.1) is 6.92 Å². The van der Waals surface area contributed by atoms with Gasteiger partial charge in [0.05, 0.1) is 6.20 Å². The maximum atomic E-state index is 12.4. The van der Waals surface area contributed by atoms with Gasteiger partial charge in [-0.25, -0.2) is 8.78 Å². The average molecular weight is 184 g/mol. The highest BCUT2D eigenvalue weighted by molar-refractivity contribution is 5.36. The second-order valence-electron chi connectivity index (χ2n) is 2.60. The summed E-state index contributed by atoms with van der Waals surface area (Å²) in [5.74, 6) is -0.338. The number of hydrogen-bond donors (Lipinski definition) is 0. The first kappa shape index (κ1) is 8.03. The lowest BCUT2D eigenvalue weighted by Crippen LogP contribution is -1.99. The van der Waals surface area contributed by atoms with E-state index in [1.807, 2.05) is 0 Å². The van der Waals surface area contributed by atoms with Gasteiger partial charge < -0.3 is 0 Å². The topological polar surface area (TPSA) is 43.1 Å². The van der Waals surface area contributed by atoms with Crippen molar-refractivity contribution in [3.63, 3.8) is 0 Å². The number of nitrogens with zero attached hydrogens (tertiary/aromatic N) is 4. The first-order chi connectivity index (χ1) is 6.20. The molecule has 0 aliphatic carbocycles. The summed E-state index contributed by atoms with van der Waals surface area (Å²) in [5.41, 5.74) is 0.938. The van der Waals surface area contributed by atoms with Crippen molar-refractivity contribution in [2.24, 2.45) is 0 Å². The monoisotopic (exact) mass is 184 g/mol. The van der Waals surface area contributed by atoms with Crippen LogP contribution < -0.4 is 0 Å². The normalized spacial score (nSPS) is 11.4. The van der Waals surface area contributed by atoms with Crippen LogP contribution in [0.3, 0.4) is 0 Å². The molecule has 0 aliphatic heterocycles. The fourth-order valence-electron chi connectivity index (χ4n) is 1.16. The summed E-state index contributed by atoms with van der Waals surface area (Å²) in [6.07, 6.45) is 0.268. The number of halogens is 2. The van der Waals surface area contributed by atoms with Crippen LogP contribution in [0.1, 0.15) is 17.9 Å². The van der Waals surface area contributed by atoms with Crippen molar-refractivity contribution in [1.29, 1.82) is 0 Å². The van der Waals surface area contributed by atoms with E-state index in [0.29, 0.717) is 11.3 Å². The van der Waals surface area contributed by atoms with Crippen LogP contribution in [-0.4, -0.2) is 19.6 Å². The van der Waals surface area contributed by atoms with E-state index in [0.717, 1.165) is 0 Å². The summed E-state index contributed by atoms with van der Waals surface area (Å²) < 4.78 is 26.0. The van der Waals surface area contributed by atoms with Gasteiger partial charge in [-0.05, 0) is 6.92 Å². The third-order valence-electron chi connectivity index (χ3n) is 1.71. The molecule has 0 saturated heterocycles. The zero-order chi connectivity index (χ0) is 9.42. The van der Waals surface area contributed by atoms with E-state index >= 15 is 0 Å². The smallest absolute Gasteiger partial charge is 0.276 e. The molecule has 0 aliphatic rings. The van der Waals surface area contributed by atoms with E-state index in [4.69, 9.17) is 0 Å². The minimum Gasteiger partial charge on any atom is -0.276 e. The summed E-state index contributed by atoms with van der Waals surface area (Å²) in [5, 5.41) is 6.95. The quantitative estimate of drug-likeness (QED) is 0.672. The number of hydrogen-bond acceptors (Lipinski definition) is 3. The van der Waals surface area contributed by atoms with Crippen LogP contribution in [-0.2, 0) is 0 Å². The maximum absolute atomic E-state index is 12.4. The molecule has 0 atom stereocenters. The van der Waals surface area contributed by atoms with Crippen molar-refractivity contribution in [3.8, 4) is 0 Å². The van der Waals surface area contributed by atoms with Crippen molar-refractivity contribution in [2.45, 2.75) is 13.3 Å². The molecule has 0 amide bonds. The molecule has 2 aromatic heterocycles. The molecule has 6 heteroatoms. The molecule has 13 heavy (non-hydrogen) atoms. The van der Waals surface area contributed by atoms with Gasteiger partial charge in [0.25, 0.3) is 6.43 Å². The van der Waals surface area contributed by atoms with Gasteiger partial charge in [-0.3, -0.25) is 9.38 Å². The minimum atomic E-state index is -2.61. The number of aromatic nitrogens is 4. The van der Waals surface area contributed by atoms with E-state index in [9.17, 15) is 8.78 Å².